The SMILES string of the molecule is CCCCCCCCCCCCCCCCCCCCCCCCCCCCCCCC(=O)NC(COC1OC(CO)C(OC2OC(CO)C(O)C(OC3(C(=O)O)CC(O)C(NC(C)=O)C(C(O)C(O)CO)O3)C2O)C(O)C1O)C(O)CCCCCCCCCCCCCCCCCCCCCCCC. The molecule has 0 saturated carbocycles. The van der Waals surface area contributed by atoms with Crippen molar-refractivity contribution in [3.05, 3.63) is 0 Å². The Kier molecular flexibility index (Phi) is 56.6. The molecule has 3 heterocycles. The summed E-state index contributed by atoms with van der Waals surface area (Å²) in [6.07, 6.45) is 36.7. The first-order valence-corrected chi connectivity index (χ1v) is 42.9. The van der Waals surface area contributed by atoms with Gasteiger partial charge in [-0.15, -0.1) is 0 Å². The smallest absolute Gasteiger partial charge is 0.364 e. The van der Waals surface area contributed by atoms with Crippen LogP contribution in [0, 0.1) is 0 Å². The monoisotopic (exact) mass is 1510 g/mol. The van der Waals surface area contributed by atoms with E-state index in [1.54, 1.807) is 0 Å². The molecular formula is C82H156N2O21. The molecule has 105 heavy (non-hydrogen) atoms. The van der Waals surface area contributed by atoms with E-state index < -0.39 is 148 Å². The number of carboxylic acids is 1. The Morgan fingerprint density at radius 3 is 1.19 bits per heavy atom. The van der Waals surface area contributed by atoms with E-state index in [1.165, 1.54) is 270 Å². The van der Waals surface area contributed by atoms with Crippen LogP contribution >= 0.6 is 0 Å². The fourth-order valence-electron chi connectivity index (χ4n) is 15.3. The molecule has 0 spiro atoms. The van der Waals surface area contributed by atoms with Crippen molar-refractivity contribution in [1.82, 2.24) is 10.6 Å². The number of aliphatic hydroxyl groups excluding tert-OH is 11. The van der Waals surface area contributed by atoms with Gasteiger partial charge in [-0.2, -0.15) is 0 Å². The lowest BCUT2D eigenvalue weighted by atomic mass is 9.88. The topological polar surface area (TPSA) is 373 Å². The Labute approximate surface area is 633 Å². The van der Waals surface area contributed by atoms with Crippen molar-refractivity contribution in [2.75, 3.05) is 26.4 Å². The summed E-state index contributed by atoms with van der Waals surface area (Å²) in [5.74, 6) is -6.08. The second kappa shape index (κ2) is 61.3. The second-order valence-electron chi connectivity index (χ2n) is 31.4. The molecule has 620 valence electrons. The maximum Gasteiger partial charge on any atom is 0.364 e. The predicted octanol–water partition coefficient (Wildman–Crippen LogP) is 12.4. The first-order chi connectivity index (χ1) is 50.9. The standard InChI is InChI=1S/C82H156N2O21/c1-4-6-8-10-12-14-16-18-20-22-24-26-28-29-30-31-32-33-34-36-38-40-42-44-46-48-50-52-54-56-69(92)84-63(64(89)55-53-51-49-47-45-43-41-39-37-35-27-25-23-21-19-17-15-13-11-9-7-5-2)61-100-79-74(96)73(95)76(68(60-87)102-79)103-80-75(97)78(72(94)67(59-86)101-80)105-82(81(98)99)57-65(90)70(83-62(3)88)77(104-82)71(93)66(91)58-85/h63-68,70-80,85-87,89-91,93-97H,4-61H2,1-3H3,(H,83,88)(H,84,92)(H,98,99). The molecular weight excluding hydrogens is 1350 g/mol. The molecule has 18 atom stereocenters. The number of amides is 2. The molecule has 23 heteroatoms. The summed E-state index contributed by atoms with van der Waals surface area (Å²) < 4.78 is 35.0. The largest absolute Gasteiger partial charge is 0.477 e. The molecule has 0 aliphatic carbocycles. The maximum absolute atomic E-state index is 13.6. The quantitative estimate of drug-likeness (QED) is 0.0252. The molecule has 0 aromatic heterocycles. The highest BCUT2D eigenvalue weighted by Gasteiger charge is 2.60. The number of rotatable bonds is 69. The van der Waals surface area contributed by atoms with Gasteiger partial charge in [0.15, 0.2) is 12.6 Å². The molecule has 23 nitrogen and oxygen atoms in total. The molecule has 3 saturated heterocycles. The summed E-state index contributed by atoms with van der Waals surface area (Å²) in [5.41, 5.74) is 0. The minimum absolute atomic E-state index is 0.230. The van der Waals surface area contributed by atoms with Crippen LogP contribution in [-0.4, -0.2) is 215 Å². The summed E-state index contributed by atoms with van der Waals surface area (Å²) in [5, 5.41) is 137. The van der Waals surface area contributed by atoms with E-state index in [0.29, 0.717) is 19.3 Å². The first kappa shape index (κ1) is 96.9. The number of ether oxygens (including phenoxy) is 6. The van der Waals surface area contributed by atoms with Crippen molar-refractivity contribution in [2.45, 2.75) is 477 Å². The van der Waals surface area contributed by atoms with Gasteiger partial charge >= 0.3 is 5.97 Å². The number of unbranched alkanes of at least 4 members (excludes halogenated alkanes) is 49. The van der Waals surface area contributed by atoms with Crippen molar-refractivity contribution in [2.24, 2.45) is 0 Å². The van der Waals surface area contributed by atoms with Crippen LogP contribution in [0.15, 0.2) is 0 Å². The molecule has 0 aromatic rings. The van der Waals surface area contributed by atoms with Crippen molar-refractivity contribution < 1.29 is 104 Å². The average molecular weight is 1510 g/mol. The van der Waals surface area contributed by atoms with Crippen LogP contribution in [0.25, 0.3) is 0 Å². The number of carbonyl (C=O) groups is 3. The van der Waals surface area contributed by atoms with Gasteiger partial charge in [0, 0.05) is 19.8 Å². The fraction of sp³-hybridized carbons (Fsp3) is 0.963. The number of hydrogen-bond acceptors (Lipinski definition) is 20. The zero-order valence-corrected chi connectivity index (χ0v) is 65.9. The Hall–Kier alpha value is -2.27. The van der Waals surface area contributed by atoms with Crippen LogP contribution in [0.2, 0.25) is 0 Å². The maximum atomic E-state index is 13.6. The minimum atomic E-state index is -3.08. The van der Waals surface area contributed by atoms with Gasteiger partial charge < -0.3 is 100 Å². The van der Waals surface area contributed by atoms with E-state index in [0.717, 1.165) is 51.9 Å². The van der Waals surface area contributed by atoms with Gasteiger partial charge in [-0.05, 0) is 12.8 Å². The van der Waals surface area contributed by atoms with Gasteiger partial charge in [0.25, 0.3) is 5.79 Å². The number of carboxylic acid groups (broad SMARTS) is 1. The zero-order valence-electron chi connectivity index (χ0n) is 65.9. The molecule has 3 aliphatic heterocycles. The lowest BCUT2D eigenvalue weighted by Gasteiger charge is -2.50. The molecule has 0 radical (unpaired) electrons. The molecule has 18 unspecified atom stereocenters. The highest BCUT2D eigenvalue weighted by molar-refractivity contribution is 5.77. The van der Waals surface area contributed by atoms with Gasteiger partial charge in [0.2, 0.25) is 11.8 Å². The Morgan fingerprint density at radius 2 is 0.829 bits per heavy atom. The van der Waals surface area contributed by atoms with Crippen LogP contribution < -0.4 is 10.6 Å². The van der Waals surface area contributed by atoms with Crippen molar-refractivity contribution in [1.29, 1.82) is 0 Å². The zero-order chi connectivity index (χ0) is 76.7. The van der Waals surface area contributed by atoms with Gasteiger partial charge in [-0.3, -0.25) is 9.59 Å². The summed E-state index contributed by atoms with van der Waals surface area (Å²) in [6, 6.07) is -2.53. The number of aliphatic carboxylic acids is 1. The molecule has 14 N–H and O–H groups in total. The van der Waals surface area contributed by atoms with Gasteiger partial charge in [-0.1, -0.05) is 335 Å². The number of aliphatic hydroxyl groups is 11. The van der Waals surface area contributed by atoms with E-state index >= 15 is 0 Å². The first-order valence-electron chi connectivity index (χ1n) is 42.9. The minimum Gasteiger partial charge on any atom is -0.477 e. The summed E-state index contributed by atoms with van der Waals surface area (Å²) in [4.78, 5) is 38.8. The van der Waals surface area contributed by atoms with E-state index in [-0.39, 0.29) is 18.9 Å². The Morgan fingerprint density at radius 1 is 0.457 bits per heavy atom. The van der Waals surface area contributed by atoms with Crippen LogP contribution in [0.1, 0.15) is 367 Å². The van der Waals surface area contributed by atoms with E-state index in [2.05, 4.69) is 24.5 Å². The van der Waals surface area contributed by atoms with Crippen LogP contribution in [0.4, 0.5) is 0 Å². The van der Waals surface area contributed by atoms with Gasteiger partial charge in [-0.25, -0.2) is 4.79 Å². The molecule has 0 aromatic carbocycles. The molecule has 0 bridgehead atoms. The Bertz CT molecular complexity index is 2090. The lowest BCUT2D eigenvalue weighted by molar-refractivity contribution is -0.386. The third-order valence-corrected chi connectivity index (χ3v) is 22.1. The Balaban J connectivity index is 1.47. The van der Waals surface area contributed by atoms with Crippen LogP contribution in [0.5, 0.6) is 0 Å². The normalized spacial score (nSPS) is 26.2. The van der Waals surface area contributed by atoms with E-state index in [1.807, 2.05) is 0 Å². The number of hydrogen-bond donors (Lipinski definition) is 14. The molecule has 3 fully saturated rings. The van der Waals surface area contributed by atoms with E-state index in [9.17, 15) is 75.7 Å². The van der Waals surface area contributed by atoms with Crippen molar-refractivity contribution in [3.63, 3.8) is 0 Å². The highest BCUT2D eigenvalue weighted by Crippen LogP contribution is 2.39. The second-order valence-corrected chi connectivity index (χ2v) is 31.4. The third kappa shape index (κ3) is 41.2. The lowest BCUT2D eigenvalue weighted by Crippen LogP contribution is -2.70. The molecule has 2 amide bonds. The van der Waals surface area contributed by atoms with Crippen LogP contribution in [0.3, 0.4) is 0 Å². The van der Waals surface area contributed by atoms with Gasteiger partial charge in [0.1, 0.15) is 67.1 Å². The van der Waals surface area contributed by atoms with Gasteiger partial charge in [0.05, 0.1) is 50.7 Å². The molecule has 3 rings (SSSR count). The fourth-order valence-corrected chi connectivity index (χ4v) is 15.3. The van der Waals surface area contributed by atoms with Crippen molar-refractivity contribution >= 4 is 17.8 Å². The number of nitrogens with one attached hydrogen (secondary N) is 2. The molecule has 3 aliphatic rings. The van der Waals surface area contributed by atoms with E-state index in [4.69, 9.17) is 28.4 Å². The summed E-state index contributed by atoms with van der Waals surface area (Å²) in [7, 11) is 0. The highest BCUT2D eigenvalue weighted by atomic mass is 16.8. The number of carbonyl (C=O) groups excluding carboxylic acids is 2. The summed E-state index contributed by atoms with van der Waals surface area (Å²) in [6.45, 7) is 2.28. The summed E-state index contributed by atoms with van der Waals surface area (Å²) >= 11 is 0. The predicted molar refractivity (Wildman–Crippen MR) is 408 cm³/mol. The average Bonchev–Trinajstić information content (AvgIpc) is 0.753. The van der Waals surface area contributed by atoms with Crippen LogP contribution in [-0.2, 0) is 42.8 Å². The van der Waals surface area contributed by atoms with Crippen molar-refractivity contribution in [3.8, 4) is 0 Å². The third-order valence-electron chi connectivity index (χ3n) is 22.1.